The number of nitrogens with two attached hydrogens (primary N) is 2. The first kappa shape index (κ1) is 9.83. The van der Waals surface area contributed by atoms with Crippen molar-refractivity contribution >= 4 is 17.2 Å². The third-order valence-electron chi connectivity index (χ3n) is 2.51. The zero-order valence-corrected chi connectivity index (χ0v) is 8.66. The van der Waals surface area contributed by atoms with Crippen LogP contribution in [0.15, 0.2) is 23.2 Å². The number of hydrogen-bond acceptors (Lipinski definition) is 4. The van der Waals surface area contributed by atoms with Crippen LogP contribution in [0, 0.1) is 0 Å². The minimum Gasteiger partial charge on any atom is -0.397 e. The monoisotopic (exact) mass is 204 g/mol. The molecule has 0 spiro atoms. The van der Waals surface area contributed by atoms with E-state index in [2.05, 4.69) is 10.3 Å². The van der Waals surface area contributed by atoms with E-state index in [-0.39, 0.29) is 0 Å². The van der Waals surface area contributed by atoms with Gasteiger partial charge in [-0.25, -0.2) is 0 Å². The molecular formula is C11H16N4. The van der Waals surface area contributed by atoms with Gasteiger partial charge in [-0.1, -0.05) is 0 Å². The van der Waals surface area contributed by atoms with E-state index in [1.165, 1.54) is 0 Å². The van der Waals surface area contributed by atoms with Gasteiger partial charge in [-0.15, -0.1) is 0 Å². The molecular weight excluding hydrogens is 188 g/mol. The predicted octanol–water partition coefficient (Wildman–Crippen LogP) is 0.981. The summed E-state index contributed by atoms with van der Waals surface area (Å²) < 4.78 is 0. The SMILES string of the molecule is Nc1ccc(C2=NCCCCN2)cc1N. The molecule has 0 aromatic heterocycles. The summed E-state index contributed by atoms with van der Waals surface area (Å²) >= 11 is 0. The van der Waals surface area contributed by atoms with Gasteiger partial charge in [0.2, 0.25) is 0 Å². The van der Waals surface area contributed by atoms with Crippen LogP contribution in [-0.4, -0.2) is 18.9 Å². The number of hydrogen-bond donors (Lipinski definition) is 3. The Bertz CT molecular complexity index is 384. The lowest BCUT2D eigenvalue weighted by atomic mass is 10.1. The topological polar surface area (TPSA) is 76.4 Å². The molecule has 1 aromatic rings. The highest BCUT2D eigenvalue weighted by Gasteiger charge is 2.06. The Morgan fingerprint density at radius 3 is 2.80 bits per heavy atom. The molecule has 0 radical (unpaired) electrons. The minimum atomic E-state index is 0.612. The summed E-state index contributed by atoms with van der Waals surface area (Å²) in [6.07, 6.45) is 2.30. The van der Waals surface area contributed by atoms with Crippen molar-refractivity contribution in [2.75, 3.05) is 24.6 Å². The standard InChI is InChI=1S/C11H16N4/c12-9-4-3-8(7-10(9)13)11-14-5-1-2-6-15-11/h3-4,7H,1-2,5-6,12-13H2,(H,14,15). The van der Waals surface area contributed by atoms with Gasteiger partial charge in [0.15, 0.2) is 0 Å². The maximum Gasteiger partial charge on any atom is 0.128 e. The van der Waals surface area contributed by atoms with E-state index in [0.717, 1.165) is 37.3 Å². The predicted molar refractivity (Wildman–Crippen MR) is 63.9 cm³/mol. The van der Waals surface area contributed by atoms with Crippen LogP contribution in [0.1, 0.15) is 18.4 Å². The van der Waals surface area contributed by atoms with Crippen molar-refractivity contribution in [1.82, 2.24) is 5.32 Å². The average Bonchev–Trinajstić information content (AvgIpc) is 2.50. The Kier molecular flexibility index (Phi) is 2.76. The number of nitrogen functional groups attached to an aromatic ring is 2. The number of rotatable bonds is 1. The lowest BCUT2D eigenvalue weighted by Gasteiger charge is -2.08. The summed E-state index contributed by atoms with van der Waals surface area (Å²) in [5.74, 6) is 0.930. The van der Waals surface area contributed by atoms with Crippen molar-refractivity contribution < 1.29 is 0 Å². The molecule has 80 valence electrons. The van der Waals surface area contributed by atoms with E-state index < -0.39 is 0 Å². The van der Waals surface area contributed by atoms with Gasteiger partial charge in [-0.3, -0.25) is 4.99 Å². The molecule has 4 heteroatoms. The quantitative estimate of drug-likeness (QED) is 0.597. The number of nitrogens with zero attached hydrogens (tertiary/aromatic N) is 1. The first-order chi connectivity index (χ1) is 7.27. The van der Waals surface area contributed by atoms with E-state index in [1.807, 2.05) is 18.2 Å². The summed E-state index contributed by atoms with van der Waals surface area (Å²) in [4.78, 5) is 4.47. The van der Waals surface area contributed by atoms with Gasteiger partial charge in [0.1, 0.15) is 5.84 Å². The highest BCUT2D eigenvalue weighted by molar-refractivity contribution is 6.00. The molecule has 5 N–H and O–H groups in total. The van der Waals surface area contributed by atoms with Crippen LogP contribution in [0.25, 0.3) is 0 Å². The highest BCUT2D eigenvalue weighted by atomic mass is 15.0. The Morgan fingerprint density at radius 1 is 1.13 bits per heavy atom. The van der Waals surface area contributed by atoms with Gasteiger partial charge in [-0.05, 0) is 31.0 Å². The average molecular weight is 204 g/mol. The van der Waals surface area contributed by atoms with Crippen LogP contribution >= 0.6 is 0 Å². The van der Waals surface area contributed by atoms with Crippen molar-refractivity contribution in [1.29, 1.82) is 0 Å². The summed E-state index contributed by atoms with van der Waals surface area (Å²) in [6, 6.07) is 5.63. The zero-order valence-electron chi connectivity index (χ0n) is 8.66. The lowest BCUT2D eigenvalue weighted by molar-refractivity contribution is 0.749. The summed E-state index contributed by atoms with van der Waals surface area (Å²) in [7, 11) is 0. The summed E-state index contributed by atoms with van der Waals surface area (Å²) in [5.41, 5.74) is 13.7. The van der Waals surface area contributed by atoms with Crippen LogP contribution in [0.5, 0.6) is 0 Å². The number of aliphatic imine (C=N–C) groups is 1. The Balaban J connectivity index is 2.27. The second-order valence-corrected chi connectivity index (χ2v) is 3.71. The minimum absolute atomic E-state index is 0.612. The van der Waals surface area contributed by atoms with E-state index in [4.69, 9.17) is 11.5 Å². The second kappa shape index (κ2) is 4.21. The number of anilines is 2. The van der Waals surface area contributed by atoms with E-state index in [1.54, 1.807) is 0 Å². The van der Waals surface area contributed by atoms with Gasteiger partial charge in [-0.2, -0.15) is 0 Å². The van der Waals surface area contributed by atoms with Gasteiger partial charge in [0.05, 0.1) is 11.4 Å². The first-order valence-corrected chi connectivity index (χ1v) is 5.21. The van der Waals surface area contributed by atoms with Gasteiger partial charge >= 0.3 is 0 Å². The van der Waals surface area contributed by atoms with Crippen molar-refractivity contribution in [2.45, 2.75) is 12.8 Å². The summed E-state index contributed by atoms with van der Waals surface area (Å²) in [5, 5.41) is 3.30. The third kappa shape index (κ3) is 2.21. The Hall–Kier alpha value is -1.71. The normalized spacial score (nSPS) is 16.4. The molecule has 15 heavy (non-hydrogen) atoms. The van der Waals surface area contributed by atoms with Crippen LogP contribution in [0.3, 0.4) is 0 Å². The lowest BCUT2D eigenvalue weighted by Crippen LogP contribution is -2.24. The molecule has 0 atom stereocenters. The van der Waals surface area contributed by atoms with Crippen LogP contribution < -0.4 is 16.8 Å². The smallest absolute Gasteiger partial charge is 0.128 e. The summed E-state index contributed by atoms with van der Waals surface area (Å²) in [6.45, 7) is 1.86. The fourth-order valence-corrected chi connectivity index (χ4v) is 1.61. The van der Waals surface area contributed by atoms with Crippen molar-refractivity contribution in [2.24, 2.45) is 4.99 Å². The largest absolute Gasteiger partial charge is 0.397 e. The molecule has 4 nitrogen and oxygen atoms in total. The first-order valence-electron chi connectivity index (χ1n) is 5.21. The second-order valence-electron chi connectivity index (χ2n) is 3.71. The molecule has 2 rings (SSSR count). The molecule has 0 amide bonds. The molecule has 0 saturated heterocycles. The molecule has 1 aliphatic heterocycles. The Morgan fingerprint density at radius 2 is 2.00 bits per heavy atom. The maximum absolute atomic E-state index is 5.76. The zero-order chi connectivity index (χ0) is 10.7. The van der Waals surface area contributed by atoms with Crippen molar-refractivity contribution in [3.63, 3.8) is 0 Å². The molecule has 1 aliphatic rings. The molecule has 1 aromatic carbocycles. The molecule has 1 heterocycles. The van der Waals surface area contributed by atoms with Crippen LogP contribution in [-0.2, 0) is 0 Å². The fraction of sp³-hybridized carbons (Fsp3) is 0.364. The van der Waals surface area contributed by atoms with Crippen LogP contribution in [0.2, 0.25) is 0 Å². The fourth-order valence-electron chi connectivity index (χ4n) is 1.61. The van der Waals surface area contributed by atoms with Gasteiger partial charge in [0.25, 0.3) is 0 Å². The molecule has 0 fully saturated rings. The number of nitrogens with one attached hydrogen (secondary N) is 1. The van der Waals surface area contributed by atoms with E-state index in [9.17, 15) is 0 Å². The molecule has 0 saturated carbocycles. The van der Waals surface area contributed by atoms with E-state index >= 15 is 0 Å². The van der Waals surface area contributed by atoms with Gasteiger partial charge < -0.3 is 16.8 Å². The highest BCUT2D eigenvalue weighted by Crippen LogP contribution is 2.16. The third-order valence-corrected chi connectivity index (χ3v) is 2.51. The van der Waals surface area contributed by atoms with Crippen molar-refractivity contribution in [3.05, 3.63) is 23.8 Å². The maximum atomic E-state index is 5.76. The van der Waals surface area contributed by atoms with Crippen molar-refractivity contribution in [3.8, 4) is 0 Å². The molecule has 0 unspecified atom stereocenters. The number of benzene rings is 1. The van der Waals surface area contributed by atoms with Crippen LogP contribution in [0.4, 0.5) is 11.4 Å². The Labute approximate surface area is 89.4 Å². The van der Waals surface area contributed by atoms with Gasteiger partial charge in [0, 0.05) is 18.7 Å². The molecule has 0 bridgehead atoms. The molecule has 0 aliphatic carbocycles. The van der Waals surface area contributed by atoms with E-state index in [0.29, 0.717) is 11.4 Å². The number of amidine groups is 1.